The van der Waals surface area contributed by atoms with Crippen LogP contribution in [0.5, 0.6) is 5.88 Å². The zero-order chi connectivity index (χ0) is 13.9. The Morgan fingerprint density at radius 1 is 1.30 bits per heavy atom. The number of aryl methyl sites for hydroxylation is 1. The fraction of sp³-hybridized carbons (Fsp3) is 0.500. The third-order valence-electron chi connectivity index (χ3n) is 3.53. The van der Waals surface area contributed by atoms with Crippen molar-refractivity contribution in [2.75, 3.05) is 0 Å². The molecular formula is C14H18N4OS. The molecule has 0 spiro atoms. The molecule has 1 N–H and O–H groups in total. The van der Waals surface area contributed by atoms with E-state index in [1.54, 1.807) is 16.8 Å². The van der Waals surface area contributed by atoms with Crippen LogP contribution in [0.1, 0.15) is 32.1 Å². The van der Waals surface area contributed by atoms with Gasteiger partial charge < -0.3 is 5.11 Å². The van der Waals surface area contributed by atoms with Crippen molar-refractivity contribution in [3.05, 3.63) is 23.0 Å². The minimum Gasteiger partial charge on any atom is -0.493 e. The van der Waals surface area contributed by atoms with Crippen molar-refractivity contribution in [3.8, 4) is 16.6 Å². The topological polar surface area (TPSA) is 63.3 Å². The van der Waals surface area contributed by atoms with Crippen molar-refractivity contribution < 1.29 is 5.11 Å². The zero-order valence-corrected chi connectivity index (χ0v) is 12.3. The largest absolute Gasteiger partial charge is 0.493 e. The van der Waals surface area contributed by atoms with Gasteiger partial charge in [0.15, 0.2) is 5.01 Å². The van der Waals surface area contributed by atoms with E-state index >= 15 is 0 Å². The smallest absolute Gasteiger partial charge is 0.211 e. The molecule has 1 saturated carbocycles. The van der Waals surface area contributed by atoms with Gasteiger partial charge >= 0.3 is 0 Å². The standard InChI is InChI=1S/C14H18N4OS/c1-18-14(15-10-6-3-2-4-7-10)20-13(17-18)11-8-5-9-12(19)16-11/h5,8-10H,2-4,6-7H2,1H3,(H,16,19)/b15-14+. The van der Waals surface area contributed by atoms with Gasteiger partial charge in [-0.1, -0.05) is 36.7 Å². The molecule has 1 aliphatic carbocycles. The molecule has 2 aromatic heterocycles. The lowest BCUT2D eigenvalue weighted by atomic mass is 9.96. The number of pyridine rings is 1. The lowest BCUT2D eigenvalue weighted by molar-refractivity contribution is 0.434. The van der Waals surface area contributed by atoms with Gasteiger partial charge in [-0.05, 0) is 18.9 Å². The van der Waals surface area contributed by atoms with Gasteiger partial charge in [-0.2, -0.15) is 5.10 Å². The molecule has 106 valence electrons. The Bertz CT molecular complexity index is 655. The van der Waals surface area contributed by atoms with Gasteiger partial charge in [0, 0.05) is 13.1 Å². The average Bonchev–Trinajstić information content (AvgIpc) is 2.81. The van der Waals surface area contributed by atoms with Crippen LogP contribution in [0.2, 0.25) is 0 Å². The molecule has 2 heterocycles. The molecular weight excluding hydrogens is 272 g/mol. The summed E-state index contributed by atoms with van der Waals surface area (Å²) in [5.74, 6) is 0.0196. The van der Waals surface area contributed by atoms with Crippen LogP contribution in [-0.2, 0) is 7.05 Å². The summed E-state index contributed by atoms with van der Waals surface area (Å²) in [6, 6.07) is 5.62. The van der Waals surface area contributed by atoms with E-state index in [1.165, 1.54) is 43.4 Å². The van der Waals surface area contributed by atoms with Gasteiger partial charge in [-0.3, -0.25) is 4.99 Å². The van der Waals surface area contributed by atoms with Gasteiger partial charge in [0.1, 0.15) is 5.69 Å². The number of nitrogens with zero attached hydrogens (tertiary/aromatic N) is 4. The van der Waals surface area contributed by atoms with Gasteiger partial charge in [-0.25, -0.2) is 9.67 Å². The maximum Gasteiger partial charge on any atom is 0.211 e. The van der Waals surface area contributed by atoms with Crippen molar-refractivity contribution in [1.29, 1.82) is 0 Å². The number of rotatable bonds is 2. The van der Waals surface area contributed by atoms with Crippen molar-refractivity contribution in [2.24, 2.45) is 12.0 Å². The predicted octanol–water partition coefficient (Wildman–Crippen LogP) is 2.48. The van der Waals surface area contributed by atoms with Crippen molar-refractivity contribution >= 4 is 11.3 Å². The predicted molar refractivity (Wildman–Crippen MR) is 78.4 cm³/mol. The van der Waals surface area contributed by atoms with Crippen molar-refractivity contribution in [3.63, 3.8) is 0 Å². The molecule has 5 nitrogen and oxygen atoms in total. The summed E-state index contributed by atoms with van der Waals surface area (Å²) < 4.78 is 1.81. The molecule has 0 bridgehead atoms. The summed E-state index contributed by atoms with van der Waals surface area (Å²) in [6.45, 7) is 0. The highest BCUT2D eigenvalue weighted by Gasteiger charge is 2.13. The first kappa shape index (κ1) is 13.3. The Balaban J connectivity index is 1.92. The highest BCUT2D eigenvalue weighted by molar-refractivity contribution is 7.12. The van der Waals surface area contributed by atoms with E-state index in [4.69, 9.17) is 4.99 Å². The summed E-state index contributed by atoms with van der Waals surface area (Å²) in [7, 11) is 1.91. The van der Waals surface area contributed by atoms with Crippen LogP contribution in [0.15, 0.2) is 23.2 Å². The Labute approximate surface area is 121 Å². The van der Waals surface area contributed by atoms with E-state index in [2.05, 4.69) is 10.1 Å². The lowest BCUT2D eigenvalue weighted by Crippen LogP contribution is -2.18. The van der Waals surface area contributed by atoms with E-state index in [-0.39, 0.29) is 5.88 Å². The molecule has 1 fully saturated rings. The van der Waals surface area contributed by atoms with E-state index < -0.39 is 0 Å². The number of aromatic hydroxyl groups is 1. The summed E-state index contributed by atoms with van der Waals surface area (Å²) in [5.41, 5.74) is 0.690. The molecule has 0 amide bonds. The van der Waals surface area contributed by atoms with Crippen molar-refractivity contribution in [1.82, 2.24) is 14.8 Å². The van der Waals surface area contributed by atoms with Crippen LogP contribution in [-0.4, -0.2) is 25.9 Å². The Morgan fingerprint density at radius 2 is 2.10 bits per heavy atom. The molecule has 0 unspecified atom stereocenters. The lowest BCUT2D eigenvalue weighted by Gasteiger charge is -2.16. The summed E-state index contributed by atoms with van der Waals surface area (Å²) in [6.07, 6.45) is 6.24. The Morgan fingerprint density at radius 3 is 2.85 bits per heavy atom. The second-order valence-corrected chi connectivity index (χ2v) is 6.07. The van der Waals surface area contributed by atoms with Gasteiger partial charge in [0.25, 0.3) is 0 Å². The summed E-state index contributed by atoms with van der Waals surface area (Å²) in [4.78, 5) is 9.84. The van der Waals surface area contributed by atoms with E-state index in [1.807, 2.05) is 13.1 Å². The van der Waals surface area contributed by atoms with Gasteiger partial charge in [-0.15, -0.1) is 0 Å². The number of aromatic nitrogens is 3. The second-order valence-electron chi connectivity index (χ2n) is 5.12. The first-order valence-electron chi connectivity index (χ1n) is 6.97. The number of hydrogen-bond acceptors (Lipinski definition) is 5. The van der Waals surface area contributed by atoms with Crippen LogP contribution in [0.3, 0.4) is 0 Å². The fourth-order valence-electron chi connectivity index (χ4n) is 2.47. The summed E-state index contributed by atoms with van der Waals surface area (Å²) >= 11 is 1.53. The maximum atomic E-state index is 9.45. The first-order valence-corrected chi connectivity index (χ1v) is 7.78. The Kier molecular flexibility index (Phi) is 3.82. The SMILES string of the molecule is Cn1nc(-c2cccc(O)n2)s/c1=N/C1CCCCC1. The van der Waals surface area contributed by atoms with E-state index in [0.717, 1.165) is 9.81 Å². The van der Waals surface area contributed by atoms with Crippen LogP contribution in [0.4, 0.5) is 0 Å². The quantitative estimate of drug-likeness (QED) is 0.924. The molecule has 0 atom stereocenters. The van der Waals surface area contributed by atoms with Crippen LogP contribution in [0, 0.1) is 0 Å². The van der Waals surface area contributed by atoms with E-state index in [0.29, 0.717) is 11.7 Å². The third-order valence-corrected chi connectivity index (χ3v) is 4.56. The molecule has 0 radical (unpaired) electrons. The van der Waals surface area contributed by atoms with Crippen LogP contribution in [0.25, 0.3) is 10.7 Å². The molecule has 3 rings (SSSR count). The average molecular weight is 290 g/mol. The highest BCUT2D eigenvalue weighted by Crippen LogP contribution is 2.21. The highest BCUT2D eigenvalue weighted by atomic mass is 32.1. The normalized spacial score (nSPS) is 17.6. The Hall–Kier alpha value is -1.69. The molecule has 0 aromatic carbocycles. The van der Waals surface area contributed by atoms with Crippen LogP contribution < -0.4 is 4.80 Å². The number of hydrogen-bond donors (Lipinski definition) is 1. The van der Waals surface area contributed by atoms with Gasteiger partial charge in [0.05, 0.1) is 6.04 Å². The van der Waals surface area contributed by atoms with Crippen LogP contribution >= 0.6 is 11.3 Å². The fourth-order valence-corrected chi connectivity index (χ4v) is 3.40. The van der Waals surface area contributed by atoms with Crippen molar-refractivity contribution in [2.45, 2.75) is 38.1 Å². The molecule has 6 heteroatoms. The molecule has 0 saturated heterocycles. The minimum atomic E-state index is 0.0196. The second kappa shape index (κ2) is 5.75. The van der Waals surface area contributed by atoms with E-state index in [9.17, 15) is 5.11 Å². The maximum absolute atomic E-state index is 9.45. The zero-order valence-electron chi connectivity index (χ0n) is 11.5. The molecule has 0 aliphatic heterocycles. The molecule has 2 aromatic rings. The van der Waals surface area contributed by atoms with Gasteiger partial charge in [0.2, 0.25) is 10.7 Å². The summed E-state index contributed by atoms with van der Waals surface area (Å²) in [5, 5.41) is 14.7. The monoisotopic (exact) mass is 290 g/mol. The molecule has 1 aliphatic rings. The third kappa shape index (κ3) is 2.90. The first-order chi connectivity index (χ1) is 9.72. The molecule has 20 heavy (non-hydrogen) atoms. The minimum absolute atomic E-state index is 0.0196.